The Labute approximate surface area is 188 Å². The van der Waals surface area contributed by atoms with E-state index in [2.05, 4.69) is 38.4 Å². The van der Waals surface area contributed by atoms with Gasteiger partial charge in [0.25, 0.3) is 0 Å². The Morgan fingerprint density at radius 1 is 0.645 bits per heavy atom. The molecule has 0 aromatic rings. The first-order valence-electron chi connectivity index (χ1n) is 11.8. The zero-order chi connectivity index (χ0) is 23.2. The Morgan fingerprint density at radius 3 is 1.58 bits per heavy atom. The lowest BCUT2D eigenvalue weighted by Crippen LogP contribution is -2.15. The van der Waals surface area contributed by atoms with Gasteiger partial charge in [-0.25, -0.2) is 14.3 Å². The monoisotopic (exact) mass is 472 g/mol. The van der Waals surface area contributed by atoms with E-state index < -0.39 is 13.9 Å². The molecule has 0 aliphatic carbocycles. The fourth-order valence-electron chi connectivity index (χ4n) is 3.13. The van der Waals surface area contributed by atoms with Crippen LogP contribution >= 0.6 is 7.82 Å². The van der Waals surface area contributed by atoms with Gasteiger partial charge in [0.2, 0.25) is 0 Å². The molecule has 0 amide bonds. The van der Waals surface area contributed by atoms with E-state index in [0.717, 1.165) is 18.8 Å². The molecule has 31 heavy (non-hydrogen) atoms. The van der Waals surface area contributed by atoms with Crippen LogP contribution in [0.2, 0.25) is 0 Å². The average Bonchev–Trinajstić information content (AvgIpc) is 2.67. The van der Waals surface area contributed by atoms with Crippen LogP contribution in [-0.2, 0) is 34.0 Å². The van der Waals surface area contributed by atoms with Gasteiger partial charge < -0.3 is 9.79 Å². The summed E-state index contributed by atoms with van der Waals surface area (Å²) < 4.78 is 14.9. The zero-order valence-corrected chi connectivity index (χ0v) is 20.6. The molecular weight excluding hydrogens is 427 g/mol. The van der Waals surface area contributed by atoms with Crippen molar-refractivity contribution in [2.45, 2.75) is 117 Å². The third-order valence-electron chi connectivity index (χ3n) is 4.78. The molecule has 0 heterocycles. The maximum Gasteiger partial charge on any atom is 0.469 e. The van der Waals surface area contributed by atoms with Gasteiger partial charge in [-0.2, -0.15) is 0 Å². The van der Waals surface area contributed by atoms with Gasteiger partial charge in [0.05, 0.1) is 12.7 Å². The highest BCUT2D eigenvalue weighted by atomic mass is 31.2. The average molecular weight is 473 g/mol. The van der Waals surface area contributed by atoms with E-state index in [0.29, 0.717) is 6.61 Å². The fourth-order valence-corrected chi connectivity index (χ4v) is 3.66. The van der Waals surface area contributed by atoms with Gasteiger partial charge in [0.1, 0.15) is 6.61 Å². The Balaban J connectivity index is 3.12. The van der Waals surface area contributed by atoms with E-state index >= 15 is 0 Å². The summed E-state index contributed by atoms with van der Waals surface area (Å²) in [5, 5.41) is 12.6. The lowest BCUT2D eigenvalue weighted by molar-refractivity contribution is -0.709. The third-order valence-corrected chi connectivity index (χ3v) is 5.42. The van der Waals surface area contributed by atoms with Crippen LogP contribution in [0.15, 0.2) is 0 Å². The second kappa shape index (κ2) is 21.7. The molecule has 188 valence electrons. The molecule has 0 radical (unpaired) electrons. The van der Waals surface area contributed by atoms with E-state index in [1.165, 1.54) is 84.0 Å². The molecule has 0 saturated carbocycles. The second-order valence-corrected chi connectivity index (χ2v) is 9.69. The first-order valence-corrected chi connectivity index (χ1v) is 13.3. The molecule has 0 spiro atoms. The van der Waals surface area contributed by atoms with Crippen molar-refractivity contribution in [2.24, 2.45) is 5.92 Å². The van der Waals surface area contributed by atoms with E-state index in [-0.39, 0.29) is 6.61 Å². The molecule has 0 saturated heterocycles. The third kappa shape index (κ3) is 27.9. The molecule has 1 unspecified atom stereocenters. The summed E-state index contributed by atoms with van der Waals surface area (Å²) in [7, 11) is -4.55. The van der Waals surface area contributed by atoms with Gasteiger partial charge in [0.15, 0.2) is 0 Å². The van der Waals surface area contributed by atoms with Gasteiger partial charge in [-0.3, -0.25) is 4.52 Å². The zero-order valence-electron chi connectivity index (χ0n) is 19.7. The lowest BCUT2D eigenvalue weighted by atomic mass is 10.0. The smallest absolute Gasteiger partial charge is 0.303 e. The van der Waals surface area contributed by atoms with Crippen molar-refractivity contribution in [2.75, 3.05) is 13.2 Å². The van der Waals surface area contributed by atoms with Crippen molar-refractivity contribution in [1.29, 1.82) is 0 Å². The number of phosphoric acid groups is 1. The number of hydrogen-bond acceptors (Lipinski definition) is 7. The highest BCUT2D eigenvalue weighted by Gasteiger charge is 2.19. The van der Waals surface area contributed by atoms with Gasteiger partial charge >= 0.3 is 7.82 Å². The minimum Gasteiger partial charge on any atom is -0.303 e. The van der Waals surface area contributed by atoms with Gasteiger partial charge in [-0.1, -0.05) is 97.3 Å². The predicted octanol–water partition coefficient (Wildman–Crippen LogP) is 6.34. The maximum atomic E-state index is 10.6. The van der Waals surface area contributed by atoms with Crippen molar-refractivity contribution in [3.63, 3.8) is 0 Å². The van der Waals surface area contributed by atoms with Crippen molar-refractivity contribution < 1.29 is 43.8 Å². The molecular formula is C21H45O9P. The van der Waals surface area contributed by atoms with Crippen LogP contribution in [-0.4, -0.2) is 29.1 Å². The first kappa shape index (κ1) is 30.9. The van der Waals surface area contributed by atoms with Crippen LogP contribution < -0.4 is 0 Å². The van der Waals surface area contributed by atoms with Crippen molar-refractivity contribution >= 4 is 7.82 Å². The number of rotatable bonds is 24. The molecule has 2 N–H and O–H groups in total. The maximum absolute atomic E-state index is 10.6. The second-order valence-electron chi connectivity index (χ2n) is 8.50. The van der Waals surface area contributed by atoms with Crippen LogP contribution in [0.25, 0.3) is 0 Å². The molecule has 9 nitrogen and oxygen atoms in total. The molecule has 0 aromatic heterocycles. The first-order chi connectivity index (χ1) is 14.8. The molecule has 0 aromatic carbocycles. The van der Waals surface area contributed by atoms with Crippen molar-refractivity contribution in [3.05, 3.63) is 0 Å². The summed E-state index contributed by atoms with van der Waals surface area (Å²) in [6.45, 7) is 6.12. The molecule has 0 rings (SSSR count). The quantitative estimate of drug-likeness (QED) is 0.0718. The summed E-state index contributed by atoms with van der Waals surface area (Å²) in [5.74, 6) is 0.845. The van der Waals surface area contributed by atoms with Gasteiger partial charge in [-0.15, -0.1) is 0 Å². The van der Waals surface area contributed by atoms with E-state index in [9.17, 15) is 4.57 Å². The summed E-state index contributed by atoms with van der Waals surface area (Å²) in [5.41, 5.74) is 0. The minimum absolute atomic E-state index is 0.257. The van der Waals surface area contributed by atoms with Crippen molar-refractivity contribution in [3.8, 4) is 0 Å². The Hall–Kier alpha value is -0.0900. The molecule has 0 fully saturated rings. The largest absolute Gasteiger partial charge is 0.469 e. The normalized spacial score (nSPS) is 13.2. The molecule has 0 aliphatic heterocycles. The highest BCUT2D eigenvalue weighted by molar-refractivity contribution is 7.46. The minimum atomic E-state index is -4.55. The number of phosphoric ester groups is 1. The molecule has 0 bridgehead atoms. The SMILES string of the molecule is CC(C)CCCCCCCCCCCCCCCOOOOOCC(C)OP(=O)(O)O. The standard InChI is InChI=1S/C21H45O9P/c1-20(2)17-15-13-11-9-7-5-4-6-8-10-12-14-16-18-25-28-30-29-26-19-21(3)27-31(22,23)24/h20-21H,4-19H2,1-3H3,(H2,22,23,24). The van der Waals surface area contributed by atoms with Gasteiger partial charge in [-0.05, 0) is 34.4 Å². The predicted molar refractivity (Wildman–Crippen MR) is 117 cm³/mol. The Kier molecular flexibility index (Phi) is 21.7. The van der Waals surface area contributed by atoms with Crippen LogP contribution in [0.3, 0.4) is 0 Å². The van der Waals surface area contributed by atoms with E-state index in [4.69, 9.17) is 14.7 Å². The number of unbranched alkanes of at least 4 members (excludes halogenated alkanes) is 12. The van der Waals surface area contributed by atoms with Crippen LogP contribution in [0.4, 0.5) is 0 Å². The lowest BCUT2D eigenvalue weighted by Gasteiger charge is -2.11. The van der Waals surface area contributed by atoms with Gasteiger partial charge in [0, 0.05) is 0 Å². The number of hydrogen-bond donors (Lipinski definition) is 2. The topological polar surface area (TPSA) is 113 Å². The van der Waals surface area contributed by atoms with E-state index in [1.54, 1.807) is 0 Å². The van der Waals surface area contributed by atoms with E-state index in [1.807, 2.05) is 0 Å². The summed E-state index contributed by atoms with van der Waals surface area (Å²) >= 11 is 0. The fraction of sp³-hybridized carbons (Fsp3) is 1.00. The summed E-state index contributed by atoms with van der Waals surface area (Å²) in [4.78, 5) is 26.4. The van der Waals surface area contributed by atoms with Crippen LogP contribution in [0.1, 0.15) is 111 Å². The van der Waals surface area contributed by atoms with Crippen LogP contribution in [0.5, 0.6) is 0 Å². The summed E-state index contributed by atoms with van der Waals surface area (Å²) in [6.07, 6.45) is 17.2. The highest BCUT2D eigenvalue weighted by Crippen LogP contribution is 2.37. The van der Waals surface area contributed by atoms with Crippen molar-refractivity contribution in [1.82, 2.24) is 0 Å². The Bertz CT molecular complexity index is 418. The molecule has 10 heteroatoms. The Morgan fingerprint density at radius 2 is 1.10 bits per heavy atom. The molecule has 0 aliphatic rings. The van der Waals surface area contributed by atoms with Crippen LogP contribution in [0, 0.1) is 5.92 Å². The molecule has 1 atom stereocenters. The summed E-state index contributed by atoms with van der Waals surface area (Å²) in [6, 6.07) is 0.